The molecule has 6 nitrogen and oxygen atoms in total. The van der Waals surface area contributed by atoms with Crippen LogP contribution < -0.4 is 0 Å². The molecule has 0 saturated carbocycles. The minimum atomic E-state index is -0.201. The van der Waals surface area contributed by atoms with E-state index >= 15 is 0 Å². The molecule has 19 heavy (non-hydrogen) atoms. The van der Waals surface area contributed by atoms with Gasteiger partial charge in [-0.1, -0.05) is 11.8 Å². The van der Waals surface area contributed by atoms with E-state index in [9.17, 15) is 14.4 Å². The summed E-state index contributed by atoms with van der Waals surface area (Å²) in [5.74, 6) is -0.0639. The highest BCUT2D eigenvalue weighted by Gasteiger charge is 2.40. The van der Waals surface area contributed by atoms with Gasteiger partial charge >= 0.3 is 0 Å². The normalized spacial score (nSPS) is 23.5. The summed E-state index contributed by atoms with van der Waals surface area (Å²) in [6, 6.07) is 1.42. The molecule has 0 aliphatic carbocycles. The third-order valence-electron chi connectivity index (χ3n) is 3.37. The van der Waals surface area contributed by atoms with Crippen LogP contribution in [0.3, 0.4) is 0 Å². The van der Waals surface area contributed by atoms with Gasteiger partial charge in [0.05, 0.1) is 23.6 Å². The molecule has 3 heterocycles. The molecule has 3 amide bonds. The molecular formula is C12H12N2O4S. The van der Waals surface area contributed by atoms with Crippen molar-refractivity contribution in [1.82, 2.24) is 9.80 Å². The first-order valence-corrected chi connectivity index (χ1v) is 6.95. The Labute approximate surface area is 113 Å². The Morgan fingerprint density at radius 1 is 1.42 bits per heavy atom. The SMILES string of the molecule is O=C(c1ccoc1)N1CCC(N2C(=O)CSC2=O)C1. The second-order valence-electron chi connectivity index (χ2n) is 4.52. The molecule has 1 atom stereocenters. The lowest BCUT2D eigenvalue weighted by molar-refractivity contribution is -0.126. The zero-order valence-electron chi connectivity index (χ0n) is 10.1. The van der Waals surface area contributed by atoms with Crippen LogP contribution in [0.25, 0.3) is 0 Å². The summed E-state index contributed by atoms with van der Waals surface area (Å²) in [7, 11) is 0. The number of furan rings is 1. The number of likely N-dealkylation sites (tertiary alicyclic amines) is 1. The number of amides is 3. The molecule has 0 bridgehead atoms. The summed E-state index contributed by atoms with van der Waals surface area (Å²) in [4.78, 5) is 38.3. The Morgan fingerprint density at radius 3 is 2.89 bits per heavy atom. The van der Waals surface area contributed by atoms with Crippen LogP contribution >= 0.6 is 11.8 Å². The van der Waals surface area contributed by atoms with Gasteiger partial charge in [0, 0.05) is 13.1 Å². The molecule has 3 rings (SSSR count). The first kappa shape index (κ1) is 12.3. The predicted octanol–water partition coefficient (Wildman–Crippen LogP) is 1.19. The number of carbonyl (C=O) groups is 3. The molecule has 2 aliphatic rings. The van der Waals surface area contributed by atoms with Gasteiger partial charge in [0.2, 0.25) is 5.91 Å². The molecule has 1 unspecified atom stereocenters. The van der Waals surface area contributed by atoms with Gasteiger partial charge < -0.3 is 9.32 Å². The van der Waals surface area contributed by atoms with Crippen molar-refractivity contribution >= 4 is 28.8 Å². The Morgan fingerprint density at radius 2 is 2.26 bits per heavy atom. The topological polar surface area (TPSA) is 70.8 Å². The molecule has 1 aromatic heterocycles. The fourth-order valence-corrected chi connectivity index (χ4v) is 3.20. The maximum Gasteiger partial charge on any atom is 0.289 e. The molecule has 0 spiro atoms. The molecule has 1 aromatic rings. The zero-order valence-corrected chi connectivity index (χ0v) is 10.9. The van der Waals surface area contributed by atoms with Crippen molar-refractivity contribution in [1.29, 1.82) is 0 Å². The van der Waals surface area contributed by atoms with E-state index in [0.717, 1.165) is 11.8 Å². The molecule has 2 fully saturated rings. The Bertz CT molecular complexity index is 512. The fraction of sp³-hybridized carbons (Fsp3) is 0.417. The summed E-state index contributed by atoms with van der Waals surface area (Å²) in [6.07, 6.45) is 3.49. The van der Waals surface area contributed by atoms with E-state index < -0.39 is 0 Å². The van der Waals surface area contributed by atoms with Gasteiger partial charge in [0.15, 0.2) is 0 Å². The average molecular weight is 280 g/mol. The van der Waals surface area contributed by atoms with E-state index in [4.69, 9.17) is 4.42 Å². The van der Waals surface area contributed by atoms with Crippen LogP contribution in [0.1, 0.15) is 16.8 Å². The van der Waals surface area contributed by atoms with Gasteiger partial charge in [-0.25, -0.2) is 0 Å². The van der Waals surface area contributed by atoms with Crippen molar-refractivity contribution in [2.24, 2.45) is 0 Å². The number of imide groups is 1. The number of thioether (sulfide) groups is 1. The van der Waals surface area contributed by atoms with Crippen molar-refractivity contribution in [3.8, 4) is 0 Å². The van der Waals surface area contributed by atoms with E-state index in [-0.39, 0.29) is 28.8 Å². The lowest BCUT2D eigenvalue weighted by atomic mass is 10.2. The van der Waals surface area contributed by atoms with Gasteiger partial charge in [-0.15, -0.1) is 0 Å². The highest BCUT2D eigenvalue weighted by Crippen LogP contribution is 2.26. The first-order chi connectivity index (χ1) is 9.16. The van der Waals surface area contributed by atoms with Crippen molar-refractivity contribution in [2.45, 2.75) is 12.5 Å². The molecular weight excluding hydrogens is 268 g/mol. The monoisotopic (exact) mass is 280 g/mol. The second-order valence-corrected chi connectivity index (χ2v) is 5.45. The molecule has 0 radical (unpaired) electrons. The van der Waals surface area contributed by atoms with E-state index in [2.05, 4.69) is 0 Å². The highest BCUT2D eigenvalue weighted by atomic mass is 32.2. The van der Waals surface area contributed by atoms with Crippen LogP contribution in [0.5, 0.6) is 0 Å². The smallest absolute Gasteiger partial charge is 0.289 e. The van der Waals surface area contributed by atoms with Crippen molar-refractivity contribution in [3.63, 3.8) is 0 Å². The van der Waals surface area contributed by atoms with Crippen molar-refractivity contribution < 1.29 is 18.8 Å². The maximum absolute atomic E-state index is 12.1. The quantitative estimate of drug-likeness (QED) is 0.813. The van der Waals surface area contributed by atoms with Crippen molar-refractivity contribution in [2.75, 3.05) is 18.8 Å². The Hall–Kier alpha value is -1.76. The van der Waals surface area contributed by atoms with E-state index in [1.54, 1.807) is 11.0 Å². The van der Waals surface area contributed by atoms with Gasteiger partial charge in [-0.2, -0.15) is 0 Å². The molecule has 7 heteroatoms. The number of hydrogen-bond donors (Lipinski definition) is 0. The largest absolute Gasteiger partial charge is 0.472 e. The van der Waals surface area contributed by atoms with Crippen LogP contribution in [0.4, 0.5) is 4.79 Å². The Balaban J connectivity index is 1.69. The standard InChI is InChI=1S/C12H12N2O4S/c15-10-7-19-12(17)14(10)9-1-3-13(5-9)11(16)8-2-4-18-6-8/h2,4,6,9H,1,3,5,7H2. The predicted molar refractivity (Wildman–Crippen MR) is 67.7 cm³/mol. The highest BCUT2D eigenvalue weighted by molar-refractivity contribution is 8.14. The lowest BCUT2D eigenvalue weighted by Crippen LogP contribution is -2.41. The van der Waals surface area contributed by atoms with E-state index in [1.165, 1.54) is 17.4 Å². The van der Waals surface area contributed by atoms with Crippen LogP contribution in [0.2, 0.25) is 0 Å². The minimum absolute atomic E-state index is 0.122. The van der Waals surface area contributed by atoms with Crippen LogP contribution in [-0.2, 0) is 4.79 Å². The molecule has 100 valence electrons. The summed E-state index contributed by atoms with van der Waals surface area (Å²) < 4.78 is 4.89. The van der Waals surface area contributed by atoms with Gasteiger partial charge in [-0.3, -0.25) is 19.3 Å². The zero-order chi connectivity index (χ0) is 13.4. The van der Waals surface area contributed by atoms with E-state index in [1.807, 2.05) is 0 Å². The summed E-state index contributed by atoms with van der Waals surface area (Å²) in [5.41, 5.74) is 0.495. The molecule has 0 N–H and O–H groups in total. The van der Waals surface area contributed by atoms with Gasteiger partial charge in [0.25, 0.3) is 11.1 Å². The third kappa shape index (κ3) is 2.14. The van der Waals surface area contributed by atoms with Crippen LogP contribution in [-0.4, -0.2) is 51.7 Å². The summed E-state index contributed by atoms with van der Waals surface area (Å²) >= 11 is 1.03. The third-order valence-corrected chi connectivity index (χ3v) is 4.20. The Kier molecular flexibility index (Phi) is 3.06. The lowest BCUT2D eigenvalue weighted by Gasteiger charge is -2.21. The average Bonchev–Trinajstić information content (AvgIpc) is 3.10. The maximum atomic E-state index is 12.1. The van der Waals surface area contributed by atoms with Crippen LogP contribution in [0.15, 0.2) is 23.0 Å². The van der Waals surface area contributed by atoms with Crippen molar-refractivity contribution in [3.05, 3.63) is 24.2 Å². The fourth-order valence-electron chi connectivity index (χ4n) is 2.42. The minimum Gasteiger partial charge on any atom is -0.472 e. The second kappa shape index (κ2) is 4.73. The summed E-state index contributed by atoms with van der Waals surface area (Å²) in [6.45, 7) is 0.957. The number of rotatable bonds is 2. The number of nitrogens with zero attached hydrogens (tertiary/aromatic N) is 2. The summed E-state index contributed by atoms with van der Waals surface area (Å²) in [5, 5.41) is -0.201. The molecule has 0 aromatic carbocycles. The number of carbonyl (C=O) groups excluding carboxylic acids is 3. The molecule has 2 aliphatic heterocycles. The van der Waals surface area contributed by atoms with Crippen LogP contribution in [0, 0.1) is 0 Å². The number of hydrogen-bond acceptors (Lipinski definition) is 5. The van der Waals surface area contributed by atoms with Gasteiger partial charge in [0.1, 0.15) is 6.26 Å². The molecule has 2 saturated heterocycles. The van der Waals surface area contributed by atoms with E-state index in [0.29, 0.717) is 25.1 Å². The van der Waals surface area contributed by atoms with Gasteiger partial charge in [-0.05, 0) is 12.5 Å². The first-order valence-electron chi connectivity index (χ1n) is 5.97.